The Hall–Kier alpha value is -2.64. The van der Waals surface area contributed by atoms with Gasteiger partial charge in [0, 0.05) is 25.3 Å². The van der Waals surface area contributed by atoms with E-state index in [9.17, 15) is 8.42 Å². The summed E-state index contributed by atoms with van der Waals surface area (Å²) in [6.07, 6.45) is 1.62. The van der Waals surface area contributed by atoms with Crippen molar-refractivity contribution in [1.82, 2.24) is 9.29 Å². The maximum Gasteiger partial charge on any atom is 0.299 e. The summed E-state index contributed by atoms with van der Waals surface area (Å²) < 4.78 is 31.2. The lowest BCUT2D eigenvalue weighted by Gasteiger charge is -2.12. The summed E-state index contributed by atoms with van der Waals surface area (Å²) in [5, 5.41) is 2.98. The van der Waals surface area contributed by atoms with Crippen molar-refractivity contribution < 1.29 is 12.8 Å². The first-order valence-electron chi connectivity index (χ1n) is 7.28. The van der Waals surface area contributed by atoms with E-state index in [1.165, 1.54) is 18.4 Å². The molecule has 0 bridgehead atoms. The molecule has 7 heteroatoms. The van der Waals surface area contributed by atoms with E-state index in [4.69, 9.17) is 4.42 Å². The molecule has 0 aliphatic rings. The van der Waals surface area contributed by atoms with E-state index in [2.05, 4.69) is 10.3 Å². The van der Waals surface area contributed by atoms with Crippen LogP contribution in [0.3, 0.4) is 0 Å². The minimum Gasteiger partial charge on any atom is -0.423 e. The molecule has 0 aliphatic carbocycles. The Morgan fingerprint density at radius 2 is 1.79 bits per heavy atom. The molecule has 0 atom stereocenters. The maximum absolute atomic E-state index is 12.2. The van der Waals surface area contributed by atoms with Crippen LogP contribution in [0.2, 0.25) is 0 Å². The molecule has 0 fully saturated rings. The highest BCUT2D eigenvalue weighted by Crippen LogP contribution is 2.25. The number of hydrogen-bond acceptors (Lipinski definition) is 5. The van der Waals surface area contributed by atoms with Crippen molar-refractivity contribution in [3.63, 3.8) is 0 Å². The summed E-state index contributed by atoms with van der Waals surface area (Å²) >= 11 is 0. The third-order valence-electron chi connectivity index (χ3n) is 3.43. The molecule has 0 unspecified atom stereocenters. The maximum atomic E-state index is 12.2. The molecule has 2 aromatic carbocycles. The lowest BCUT2D eigenvalue weighted by atomic mass is 10.2. The number of nitrogens with one attached hydrogen (secondary N) is 1. The van der Waals surface area contributed by atoms with Crippen LogP contribution in [0.1, 0.15) is 0 Å². The molecule has 0 spiro atoms. The molecule has 0 amide bonds. The average Bonchev–Trinajstić information content (AvgIpc) is 3.04. The highest BCUT2D eigenvalue weighted by Gasteiger charge is 2.17. The van der Waals surface area contributed by atoms with Gasteiger partial charge in [-0.3, -0.25) is 0 Å². The molecule has 0 aliphatic heterocycles. The first-order chi connectivity index (χ1) is 11.5. The highest BCUT2D eigenvalue weighted by atomic mass is 32.2. The number of hydrogen-bond donors (Lipinski definition) is 1. The average molecular weight is 343 g/mol. The molecule has 1 aromatic heterocycles. The molecular formula is C17H17N3O3S. The van der Waals surface area contributed by atoms with Gasteiger partial charge in [-0.1, -0.05) is 36.4 Å². The van der Waals surface area contributed by atoms with Gasteiger partial charge in [0.25, 0.3) is 6.01 Å². The molecule has 1 N–H and O–H groups in total. The lowest BCUT2D eigenvalue weighted by molar-refractivity contribution is 0.520. The zero-order valence-electron chi connectivity index (χ0n) is 13.3. The molecule has 124 valence electrons. The number of nitrogens with zero attached hydrogens (tertiary/aromatic N) is 2. The summed E-state index contributed by atoms with van der Waals surface area (Å²) in [7, 11) is -0.496. The molecular weight excluding hydrogens is 326 g/mol. The van der Waals surface area contributed by atoms with Crippen molar-refractivity contribution >= 4 is 21.7 Å². The van der Waals surface area contributed by atoms with Crippen molar-refractivity contribution in [2.45, 2.75) is 4.90 Å². The fourth-order valence-electron chi connectivity index (χ4n) is 2.14. The van der Waals surface area contributed by atoms with Crippen LogP contribution in [0.25, 0.3) is 11.3 Å². The second-order valence-corrected chi connectivity index (χ2v) is 7.49. The number of sulfonamides is 1. The molecule has 24 heavy (non-hydrogen) atoms. The molecule has 6 nitrogen and oxygen atoms in total. The van der Waals surface area contributed by atoms with Crippen molar-refractivity contribution in [3.05, 3.63) is 60.8 Å². The Morgan fingerprint density at radius 1 is 1.04 bits per heavy atom. The van der Waals surface area contributed by atoms with E-state index < -0.39 is 10.0 Å². The van der Waals surface area contributed by atoms with E-state index in [-0.39, 0.29) is 4.90 Å². The molecule has 0 saturated carbocycles. The van der Waals surface area contributed by atoms with Gasteiger partial charge in [0.15, 0.2) is 5.76 Å². The number of anilines is 2. The van der Waals surface area contributed by atoms with Crippen LogP contribution in [0, 0.1) is 0 Å². The van der Waals surface area contributed by atoms with Gasteiger partial charge in [-0.05, 0) is 18.2 Å². The predicted molar refractivity (Wildman–Crippen MR) is 92.5 cm³/mol. The van der Waals surface area contributed by atoms with E-state index in [1.54, 1.807) is 30.5 Å². The van der Waals surface area contributed by atoms with Gasteiger partial charge in [-0.25, -0.2) is 17.7 Å². The quantitative estimate of drug-likeness (QED) is 0.769. The van der Waals surface area contributed by atoms with Crippen LogP contribution in [0.5, 0.6) is 0 Å². The van der Waals surface area contributed by atoms with Crippen molar-refractivity contribution in [3.8, 4) is 11.3 Å². The first kappa shape index (κ1) is 16.2. The zero-order chi connectivity index (χ0) is 17.2. The number of aromatic nitrogens is 1. The minimum absolute atomic E-state index is 0.201. The Labute approximate surface area is 140 Å². The third kappa shape index (κ3) is 3.32. The van der Waals surface area contributed by atoms with Gasteiger partial charge in [-0.15, -0.1) is 0 Å². The summed E-state index contributed by atoms with van der Waals surface area (Å²) in [4.78, 5) is 4.38. The van der Waals surface area contributed by atoms with Gasteiger partial charge < -0.3 is 9.73 Å². The number of benzene rings is 2. The molecule has 0 saturated heterocycles. The van der Waals surface area contributed by atoms with Crippen LogP contribution in [0.15, 0.2) is 70.1 Å². The van der Waals surface area contributed by atoms with Gasteiger partial charge in [-0.2, -0.15) is 0 Å². The van der Waals surface area contributed by atoms with E-state index in [0.29, 0.717) is 17.5 Å². The first-order valence-corrected chi connectivity index (χ1v) is 8.72. The van der Waals surface area contributed by atoms with E-state index in [0.717, 1.165) is 5.56 Å². The molecule has 0 radical (unpaired) electrons. The van der Waals surface area contributed by atoms with Gasteiger partial charge in [0.2, 0.25) is 10.0 Å². The smallest absolute Gasteiger partial charge is 0.299 e. The summed E-state index contributed by atoms with van der Waals surface area (Å²) in [5.41, 5.74) is 1.50. The largest absolute Gasteiger partial charge is 0.423 e. The second-order valence-electron chi connectivity index (χ2n) is 5.34. The summed E-state index contributed by atoms with van der Waals surface area (Å²) in [5.74, 6) is 0.634. The van der Waals surface area contributed by atoms with Crippen LogP contribution < -0.4 is 5.32 Å². The van der Waals surface area contributed by atoms with Crippen LogP contribution >= 0.6 is 0 Å². The van der Waals surface area contributed by atoms with Crippen LogP contribution in [-0.4, -0.2) is 31.8 Å². The van der Waals surface area contributed by atoms with Crippen molar-refractivity contribution in [2.75, 3.05) is 19.4 Å². The Bertz CT molecular complexity index is 934. The van der Waals surface area contributed by atoms with Crippen LogP contribution in [0.4, 0.5) is 11.7 Å². The second kappa shape index (κ2) is 6.46. The molecule has 1 heterocycles. The summed E-state index contributed by atoms with van der Waals surface area (Å²) in [6.45, 7) is 0. The van der Waals surface area contributed by atoms with E-state index in [1.807, 2.05) is 30.3 Å². The van der Waals surface area contributed by atoms with Gasteiger partial charge in [0.05, 0.1) is 11.1 Å². The highest BCUT2D eigenvalue weighted by molar-refractivity contribution is 7.89. The van der Waals surface area contributed by atoms with Gasteiger partial charge in [0.1, 0.15) is 0 Å². The predicted octanol–water partition coefficient (Wildman–Crippen LogP) is 3.34. The monoisotopic (exact) mass is 343 g/mol. The Balaban J connectivity index is 1.84. The zero-order valence-corrected chi connectivity index (χ0v) is 14.1. The summed E-state index contributed by atoms with van der Waals surface area (Å²) in [6, 6.07) is 16.4. The Morgan fingerprint density at radius 3 is 2.50 bits per heavy atom. The normalized spacial score (nSPS) is 11.6. The van der Waals surface area contributed by atoms with Gasteiger partial charge >= 0.3 is 0 Å². The minimum atomic E-state index is -3.49. The lowest BCUT2D eigenvalue weighted by Crippen LogP contribution is -2.22. The molecule has 3 rings (SSSR count). The van der Waals surface area contributed by atoms with E-state index >= 15 is 0 Å². The topological polar surface area (TPSA) is 75.4 Å². The fourth-order valence-corrected chi connectivity index (χ4v) is 3.08. The Kier molecular flexibility index (Phi) is 4.37. The van der Waals surface area contributed by atoms with Crippen molar-refractivity contribution in [2.24, 2.45) is 0 Å². The van der Waals surface area contributed by atoms with Crippen molar-refractivity contribution in [1.29, 1.82) is 0 Å². The number of oxazole rings is 1. The third-order valence-corrected chi connectivity index (χ3v) is 5.24. The standard InChI is InChI=1S/C17H17N3O3S/c1-20(2)24(21,22)15-10-6-9-14(11-15)19-17-18-12-16(23-17)13-7-4-3-5-8-13/h3-12H,1-2H3,(H,18,19). The number of rotatable bonds is 5. The fraction of sp³-hybridized carbons (Fsp3) is 0.118. The SMILES string of the molecule is CN(C)S(=O)(=O)c1cccc(Nc2ncc(-c3ccccc3)o2)c1. The van der Waals surface area contributed by atoms with Crippen LogP contribution in [-0.2, 0) is 10.0 Å². The molecule has 3 aromatic rings.